The minimum Gasteiger partial charge on any atom is -0.454 e. The van der Waals surface area contributed by atoms with E-state index in [2.05, 4.69) is 11.1 Å². The minimum absolute atomic E-state index is 0.206. The van der Waals surface area contributed by atoms with E-state index < -0.39 is 5.41 Å². The first-order chi connectivity index (χ1) is 14.1. The van der Waals surface area contributed by atoms with E-state index in [0.29, 0.717) is 11.4 Å². The van der Waals surface area contributed by atoms with Gasteiger partial charge in [0.2, 0.25) is 6.79 Å². The van der Waals surface area contributed by atoms with Gasteiger partial charge in [-0.2, -0.15) is 0 Å². The Bertz CT molecular complexity index is 1120. The Hall–Kier alpha value is -2.85. The average Bonchev–Trinajstić information content (AvgIpc) is 3.41. The largest absolute Gasteiger partial charge is 0.454 e. The van der Waals surface area contributed by atoms with Crippen molar-refractivity contribution < 1.29 is 14.3 Å². The highest BCUT2D eigenvalue weighted by Gasteiger charge is 2.51. The van der Waals surface area contributed by atoms with E-state index in [4.69, 9.17) is 21.1 Å². The lowest BCUT2D eigenvalue weighted by Gasteiger charge is -2.16. The zero-order valence-corrected chi connectivity index (χ0v) is 16.8. The lowest BCUT2D eigenvalue weighted by molar-refractivity contribution is -0.120. The van der Waals surface area contributed by atoms with Crippen molar-refractivity contribution in [2.24, 2.45) is 0 Å². The molecule has 1 aliphatic carbocycles. The molecule has 3 aromatic rings. The Labute approximate surface area is 174 Å². The van der Waals surface area contributed by atoms with Crippen LogP contribution in [-0.2, 0) is 16.6 Å². The number of carbonyl (C=O) groups excluding carboxylic acids is 1. The second-order valence-electron chi connectivity index (χ2n) is 7.72. The molecule has 0 saturated heterocycles. The number of aromatic nitrogens is 1. The van der Waals surface area contributed by atoms with Gasteiger partial charge in [-0.15, -0.1) is 0 Å². The summed E-state index contributed by atoms with van der Waals surface area (Å²) in [7, 11) is 0. The van der Waals surface area contributed by atoms with Crippen LogP contribution in [0.15, 0.2) is 54.7 Å². The van der Waals surface area contributed by atoms with Crippen LogP contribution in [0.25, 0.3) is 11.1 Å². The number of ether oxygens (including phenoxy) is 2. The van der Waals surface area contributed by atoms with Crippen molar-refractivity contribution in [2.45, 2.75) is 31.6 Å². The molecule has 2 heterocycles. The summed E-state index contributed by atoms with van der Waals surface area (Å²) in [6, 6.07) is 15.6. The van der Waals surface area contributed by atoms with E-state index in [-0.39, 0.29) is 12.6 Å². The Morgan fingerprint density at radius 3 is 2.66 bits per heavy atom. The maximum Gasteiger partial charge on any atom is 0.231 e. The molecular weight excluding hydrogens is 386 g/mol. The van der Waals surface area contributed by atoms with E-state index in [0.717, 1.165) is 52.3 Å². The highest BCUT2D eigenvalue weighted by molar-refractivity contribution is 6.33. The number of nitrogens with zero attached hydrogens (tertiary/aromatic N) is 1. The molecule has 2 aliphatic rings. The Morgan fingerprint density at radius 1 is 1.10 bits per heavy atom. The number of rotatable bonds is 5. The van der Waals surface area contributed by atoms with E-state index in [1.54, 1.807) is 6.20 Å². The van der Waals surface area contributed by atoms with Crippen LogP contribution in [0, 0.1) is 6.92 Å². The van der Waals surface area contributed by atoms with Crippen LogP contribution in [0.2, 0.25) is 5.02 Å². The summed E-state index contributed by atoms with van der Waals surface area (Å²) < 4.78 is 10.9. The van der Waals surface area contributed by atoms with Gasteiger partial charge in [0.15, 0.2) is 11.5 Å². The molecule has 0 bridgehead atoms. The van der Waals surface area contributed by atoms with Gasteiger partial charge in [0, 0.05) is 28.8 Å². The first-order valence-corrected chi connectivity index (χ1v) is 10.1. The quantitative estimate of drug-likeness (QED) is 0.579. The molecule has 1 aliphatic heterocycles. The van der Waals surface area contributed by atoms with E-state index in [1.807, 2.05) is 49.4 Å². The van der Waals surface area contributed by atoms with Crippen LogP contribution >= 0.6 is 11.6 Å². The molecule has 1 fully saturated rings. The van der Waals surface area contributed by atoms with Gasteiger partial charge in [-0.1, -0.05) is 35.9 Å². The smallest absolute Gasteiger partial charge is 0.231 e. The number of hydrogen-bond acceptors (Lipinski definition) is 4. The van der Waals surface area contributed by atoms with E-state index in [1.165, 1.54) is 0 Å². The molecule has 0 amide bonds. The molecule has 0 unspecified atom stereocenters. The number of hydrogen-bond donors (Lipinski definition) is 0. The number of halogens is 1. The molecule has 0 N–H and O–H groups in total. The molecule has 1 saturated carbocycles. The zero-order chi connectivity index (χ0) is 20.0. The Morgan fingerprint density at radius 2 is 1.90 bits per heavy atom. The number of carbonyl (C=O) groups is 1. The molecular formula is C24H20ClNO3. The number of benzene rings is 2. The van der Waals surface area contributed by atoms with Crippen molar-refractivity contribution in [2.75, 3.05) is 6.79 Å². The lowest BCUT2D eigenvalue weighted by atomic mass is 9.88. The van der Waals surface area contributed by atoms with Gasteiger partial charge >= 0.3 is 0 Å². The molecule has 2 aromatic carbocycles. The number of aryl methyl sites for hydroxylation is 1. The monoisotopic (exact) mass is 405 g/mol. The number of pyridine rings is 1. The summed E-state index contributed by atoms with van der Waals surface area (Å²) in [4.78, 5) is 17.8. The van der Waals surface area contributed by atoms with Crippen LogP contribution < -0.4 is 9.47 Å². The van der Waals surface area contributed by atoms with Gasteiger partial charge in [-0.05, 0) is 55.2 Å². The van der Waals surface area contributed by atoms with Crippen molar-refractivity contribution >= 4 is 17.4 Å². The normalized spacial score (nSPS) is 15.9. The van der Waals surface area contributed by atoms with Gasteiger partial charge in [-0.3, -0.25) is 9.78 Å². The second kappa shape index (κ2) is 6.89. The van der Waals surface area contributed by atoms with Crippen LogP contribution in [-0.4, -0.2) is 17.6 Å². The maximum absolute atomic E-state index is 13.2. The summed E-state index contributed by atoms with van der Waals surface area (Å²) in [5.74, 6) is 1.67. The van der Waals surface area contributed by atoms with Crippen LogP contribution in [0.5, 0.6) is 11.5 Å². The molecule has 4 nitrogen and oxygen atoms in total. The van der Waals surface area contributed by atoms with Gasteiger partial charge in [0.25, 0.3) is 0 Å². The molecule has 29 heavy (non-hydrogen) atoms. The molecule has 5 heteroatoms. The number of ketones is 1. The fourth-order valence-corrected chi connectivity index (χ4v) is 4.24. The second-order valence-corrected chi connectivity index (χ2v) is 8.12. The number of Topliss-reactive ketones (excluding diaryl/α,β-unsaturated/α-hetero) is 1. The maximum atomic E-state index is 13.2. The summed E-state index contributed by atoms with van der Waals surface area (Å²) in [5.41, 5.74) is 4.31. The average molecular weight is 406 g/mol. The van der Waals surface area contributed by atoms with Crippen molar-refractivity contribution in [1.29, 1.82) is 0 Å². The zero-order valence-electron chi connectivity index (χ0n) is 16.1. The third-order valence-corrected chi connectivity index (χ3v) is 6.24. The summed E-state index contributed by atoms with van der Waals surface area (Å²) in [6.45, 7) is 2.23. The van der Waals surface area contributed by atoms with Gasteiger partial charge in [-0.25, -0.2) is 0 Å². The van der Waals surface area contributed by atoms with Gasteiger partial charge in [0.1, 0.15) is 5.78 Å². The third kappa shape index (κ3) is 3.18. The third-order valence-electron chi connectivity index (χ3n) is 5.91. The van der Waals surface area contributed by atoms with Crippen LogP contribution in [0.3, 0.4) is 0 Å². The van der Waals surface area contributed by atoms with Crippen molar-refractivity contribution in [1.82, 2.24) is 4.98 Å². The first kappa shape index (κ1) is 18.2. The fourth-order valence-electron chi connectivity index (χ4n) is 4.00. The topological polar surface area (TPSA) is 48.4 Å². The fraction of sp³-hybridized carbons (Fsp3) is 0.250. The van der Waals surface area contributed by atoms with Gasteiger partial charge in [0.05, 0.1) is 11.1 Å². The standard InChI is InChI=1S/C24H20ClNO3/c1-15-10-16(18-4-2-3-5-19(18)25)13-26-20(15)12-23(27)24(8-9-24)17-6-7-21-22(11-17)29-14-28-21/h2-7,10-11,13H,8-9,12,14H2,1H3. The van der Waals surface area contributed by atoms with E-state index in [9.17, 15) is 4.79 Å². The molecule has 5 rings (SSSR count). The van der Waals surface area contributed by atoms with Crippen LogP contribution in [0.1, 0.15) is 29.7 Å². The van der Waals surface area contributed by atoms with Crippen LogP contribution in [0.4, 0.5) is 0 Å². The summed E-state index contributed by atoms with van der Waals surface area (Å²) >= 11 is 6.31. The van der Waals surface area contributed by atoms with Crippen molar-refractivity contribution in [3.05, 3.63) is 76.6 Å². The minimum atomic E-state index is -0.420. The van der Waals surface area contributed by atoms with Crippen molar-refractivity contribution in [3.8, 4) is 22.6 Å². The first-order valence-electron chi connectivity index (χ1n) is 9.71. The number of fused-ring (bicyclic) bond motifs is 1. The SMILES string of the molecule is Cc1cc(-c2ccccc2Cl)cnc1CC(=O)C1(c2ccc3c(c2)OCO3)CC1. The molecule has 0 atom stereocenters. The Kier molecular flexibility index (Phi) is 4.32. The van der Waals surface area contributed by atoms with E-state index >= 15 is 0 Å². The van der Waals surface area contributed by atoms with Gasteiger partial charge < -0.3 is 9.47 Å². The molecule has 146 valence electrons. The molecule has 0 radical (unpaired) electrons. The predicted octanol–water partition coefficient (Wildman–Crippen LogP) is 5.28. The Balaban J connectivity index is 1.39. The summed E-state index contributed by atoms with van der Waals surface area (Å²) in [6.07, 6.45) is 3.85. The summed E-state index contributed by atoms with van der Waals surface area (Å²) in [5, 5.41) is 0.692. The highest BCUT2D eigenvalue weighted by Crippen LogP contribution is 2.51. The predicted molar refractivity (Wildman–Crippen MR) is 112 cm³/mol. The van der Waals surface area contributed by atoms with Crippen molar-refractivity contribution in [3.63, 3.8) is 0 Å². The molecule has 0 spiro atoms. The highest BCUT2D eigenvalue weighted by atomic mass is 35.5. The molecule has 1 aromatic heterocycles. The lowest BCUT2D eigenvalue weighted by Crippen LogP contribution is -2.23.